The van der Waals surface area contributed by atoms with Gasteiger partial charge in [-0.2, -0.15) is 0 Å². The summed E-state index contributed by atoms with van der Waals surface area (Å²) in [5.74, 6) is 1.90. The molecule has 4 aromatic heterocycles. The molecule has 0 aliphatic heterocycles. The van der Waals surface area contributed by atoms with E-state index in [2.05, 4.69) is 89.3 Å². The van der Waals surface area contributed by atoms with Crippen LogP contribution in [0.1, 0.15) is 0 Å². The van der Waals surface area contributed by atoms with Crippen LogP contribution < -0.4 is 0 Å². The average Bonchev–Trinajstić information content (AvgIpc) is 3.74. The molecular weight excluding hydrogens is 590 g/mol. The highest BCUT2D eigenvalue weighted by atomic mass is 16.3. The molecule has 6 aromatic carbocycles. The topological polar surface area (TPSA) is 69.1 Å². The van der Waals surface area contributed by atoms with Crippen LogP contribution in [0.2, 0.25) is 0 Å². The molecule has 6 nitrogen and oxygen atoms in total. The zero-order valence-corrected chi connectivity index (χ0v) is 25.6. The normalized spacial score (nSPS) is 11.8. The lowest BCUT2D eigenvalue weighted by molar-refractivity contribution is 0.672. The van der Waals surface area contributed by atoms with E-state index in [-0.39, 0.29) is 0 Å². The van der Waals surface area contributed by atoms with Crippen molar-refractivity contribution in [1.29, 1.82) is 0 Å². The lowest BCUT2D eigenvalue weighted by Gasteiger charge is -2.10. The number of hydrogen-bond acceptors (Lipinski definition) is 5. The number of imidazole rings is 1. The van der Waals surface area contributed by atoms with Crippen LogP contribution in [0, 0.1) is 0 Å². The van der Waals surface area contributed by atoms with Crippen molar-refractivity contribution in [3.63, 3.8) is 0 Å². The Bertz CT molecular complexity index is 2780. The summed E-state index contributed by atoms with van der Waals surface area (Å²) in [6.45, 7) is 0. The first-order valence-corrected chi connectivity index (χ1v) is 15.9. The molecule has 6 heteroatoms. The minimum atomic E-state index is 0.623. The molecule has 4 heterocycles. The first-order valence-electron chi connectivity index (χ1n) is 15.9. The number of rotatable bonds is 4. The van der Waals surface area contributed by atoms with Gasteiger partial charge in [0.2, 0.25) is 0 Å². The average molecular weight is 616 g/mol. The van der Waals surface area contributed by atoms with Crippen LogP contribution in [0.25, 0.3) is 94.8 Å². The Hall–Kier alpha value is -6.66. The van der Waals surface area contributed by atoms with E-state index in [1.807, 2.05) is 66.7 Å². The van der Waals surface area contributed by atoms with Gasteiger partial charge < -0.3 is 4.42 Å². The molecule has 10 rings (SSSR count). The maximum atomic E-state index is 6.61. The maximum absolute atomic E-state index is 6.61. The van der Waals surface area contributed by atoms with Crippen molar-refractivity contribution in [3.05, 3.63) is 152 Å². The molecule has 0 atom stereocenters. The Kier molecular flexibility index (Phi) is 5.77. The van der Waals surface area contributed by atoms with Crippen molar-refractivity contribution in [2.75, 3.05) is 0 Å². The van der Waals surface area contributed by atoms with Gasteiger partial charge in [0.25, 0.3) is 0 Å². The summed E-state index contributed by atoms with van der Waals surface area (Å²) in [7, 11) is 0. The van der Waals surface area contributed by atoms with Gasteiger partial charge in [-0.3, -0.25) is 4.40 Å². The van der Waals surface area contributed by atoms with Crippen LogP contribution in [-0.2, 0) is 0 Å². The molecule has 0 N–H and O–H groups in total. The van der Waals surface area contributed by atoms with Crippen molar-refractivity contribution in [1.82, 2.24) is 24.3 Å². The molecule has 10 aromatic rings. The van der Waals surface area contributed by atoms with Crippen LogP contribution >= 0.6 is 0 Å². The van der Waals surface area contributed by atoms with Gasteiger partial charge in [-0.25, -0.2) is 19.9 Å². The van der Waals surface area contributed by atoms with Crippen LogP contribution in [0.5, 0.6) is 0 Å². The molecule has 0 radical (unpaired) electrons. The van der Waals surface area contributed by atoms with Crippen molar-refractivity contribution >= 4 is 49.5 Å². The van der Waals surface area contributed by atoms with Gasteiger partial charge in [0.1, 0.15) is 16.7 Å². The second-order valence-corrected chi connectivity index (χ2v) is 11.9. The van der Waals surface area contributed by atoms with E-state index in [1.54, 1.807) is 0 Å². The minimum Gasteiger partial charge on any atom is -0.454 e. The summed E-state index contributed by atoms with van der Waals surface area (Å²) in [6, 6.07) is 51.5. The highest BCUT2D eigenvalue weighted by Crippen LogP contribution is 2.39. The Balaban J connectivity index is 1.17. The number of aromatic nitrogens is 5. The summed E-state index contributed by atoms with van der Waals surface area (Å²) >= 11 is 0. The SMILES string of the molecule is c1ccc(-c2nc(-c3ccccc3)nc(-c3cccc(-c4ccc5oc6c7ccccc7c7nc8ccccc8n7c6c5c4)c3)n2)cc1. The second-order valence-electron chi connectivity index (χ2n) is 11.9. The summed E-state index contributed by atoms with van der Waals surface area (Å²) in [5, 5.41) is 3.15. The Morgan fingerprint density at radius 2 is 1.00 bits per heavy atom. The second kappa shape index (κ2) is 10.4. The van der Waals surface area contributed by atoms with Gasteiger partial charge in [0.15, 0.2) is 23.1 Å². The summed E-state index contributed by atoms with van der Waals surface area (Å²) < 4.78 is 8.86. The summed E-state index contributed by atoms with van der Waals surface area (Å²) in [6.07, 6.45) is 0. The summed E-state index contributed by atoms with van der Waals surface area (Å²) in [5.41, 5.74) is 10.6. The van der Waals surface area contributed by atoms with E-state index >= 15 is 0 Å². The van der Waals surface area contributed by atoms with Gasteiger partial charge >= 0.3 is 0 Å². The van der Waals surface area contributed by atoms with Crippen molar-refractivity contribution < 1.29 is 4.42 Å². The number of furan rings is 1. The number of benzene rings is 6. The maximum Gasteiger partial charge on any atom is 0.164 e. The Labute approximate surface area is 274 Å². The van der Waals surface area contributed by atoms with Crippen LogP contribution in [-0.4, -0.2) is 24.3 Å². The van der Waals surface area contributed by atoms with Crippen molar-refractivity contribution in [2.45, 2.75) is 0 Å². The predicted octanol–water partition coefficient (Wildman–Crippen LogP) is 10.4. The third kappa shape index (κ3) is 4.13. The van der Waals surface area contributed by atoms with E-state index < -0.39 is 0 Å². The molecule has 0 bridgehead atoms. The Morgan fingerprint density at radius 3 is 1.75 bits per heavy atom. The zero-order valence-electron chi connectivity index (χ0n) is 25.6. The molecular formula is C42H25N5O. The summed E-state index contributed by atoms with van der Waals surface area (Å²) in [4.78, 5) is 19.8. The number of pyridine rings is 1. The standard InChI is InChI=1S/C42H25N5O/c1-3-12-26(13-4-1)39-44-40(27-14-5-2-6-15-27)46-41(45-39)30-17-11-16-28(24-30)29-22-23-36-33(25-29)37-38(48-36)31-18-7-8-19-32(31)42-43-34-20-9-10-21-35(34)47(37)42/h1-25H. The fourth-order valence-electron chi connectivity index (χ4n) is 6.75. The molecule has 0 saturated carbocycles. The van der Waals surface area contributed by atoms with Gasteiger partial charge in [0, 0.05) is 32.8 Å². The quantitative estimate of drug-likeness (QED) is 0.197. The van der Waals surface area contributed by atoms with Gasteiger partial charge in [-0.1, -0.05) is 121 Å². The van der Waals surface area contributed by atoms with E-state index in [0.29, 0.717) is 17.5 Å². The molecule has 0 aliphatic rings. The highest BCUT2D eigenvalue weighted by Gasteiger charge is 2.20. The van der Waals surface area contributed by atoms with E-state index in [9.17, 15) is 0 Å². The lowest BCUT2D eigenvalue weighted by atomic mass is 10.0. The molecule has 0 aliphatic carbocycles. The first-order chi connectivity index (χ1) is 23.8. The zero-order chi connectivity index (χ0) is 31.6. The number of fused-ring (bicyclic) bond motifs is 10. The van der Waals surface area contributed by atoms with Crippen molar-refractivity contribution in [2.24, 2.45) is 0 Å². The number of hydrogen-bond donors (Lipinski definition) is 0. The predicted molar refractivity (Wildman–Crippen MR) is 193 cm³/mol. The van der Waals surface area contributed by atoms with Crippen LogP contribution in [0.3, 0.4) is 0 Å². The molecule has 0 fully saturated rings. The highest BCUT2D eigenvalue weighted by molar-refractivity contribution is 6.19. The molecule has 0 amide bonds. The van der Waals surface area contributed by atoms with Crippen LogP contribution in [0.4, 0.5) is 0 Å². The van der Waals surface area contributed by atoms with Gasteiger partial charge in [-0.15, -0.1) is 0 Å². The third-order valence-corrected chi connectivity index (χ3v) is 9.01. The number of nitrogens with zero attached hydrogens (tertiary/aromatic N) is 5. The number of para-hydroxylation sites is 2. The molecule has 0 saturated heterocycles. The molecule has 224 valence electrons. The van der Waals surface area contributed by atoms with E-state index in [4.69, 9.17) is 24.4 Å². The third-order valence-electron chi connectivity index (χ3n) is 9.01. The fourth-order valence-corrected chi connectivity index (χ4v) is 6.75. The minimum absolute atomic E-state index is 0.623. The Morgan fingerprint density at radius 1 is 0.417 bits per heavy atom. The lowest BCUT2D eigenvalue weighted by Crippen LogP contribution is -2.00. The molecule has 48 heavy (non-hydrogen) atoms. The van der Waals surface area contributed by atoms with Crippen molar-refractivity contribution in [3.8, 4) is 45.3 Å². The van der Waals surface area contributed by atoms with Gasteiger partial charge in [0.05, 0.1) is 11.0 Å². The smallest absolute Gasteiger partial charge is 0.164 e. The first kappa shape index (κ1) is 26.5. The van der Waals surface area contributed by atoms with E-state index in [1.165, 1.54) is 0 Å². The fraction of sp³-hybridized carbons (Fsp3) is 0. The largest absolute Gasteiger partial charge is 0.454 e. The van der Waals surface area contributed by atoms with Crippen LogP contribution in [0.15, 0.2) is 156 Å². The van der Waals surface area contributed by atoms with E-state index in [0.717, 1.165) is 77.3 Å². The van der Waals surface area contributed by atoms with Gasteiger partial charge in [-0.05, 0) is 41.5 Å². The molecule has 0 spiro atoms. The monoisotopic (exact) mass is 615 g/mol. The molecule has 0 unspecified atom stereocenters.